The highest BCUT2D eigenvalue weighted by Gasteiger charge is 2.42. The molecule has 0 amide bonds. The summed E-state index contributed by atoms with van der Waals surface area (Å²) in [6, 6.07) is 28.7. The lowest BCUT2D eigenvalue weighted by Crippen LogP contribution is -3.00. The molecule has 0 nitrogen and oxygen atoms in total. The van der Waals surface area contributed by atoms with E-state index in [1.165, 1.54) is 27.0 Å². The molecular formula is C21H22BrP. The lowest BCUT2D eigenvalue weighted by molar-refractivity contribution is -0.00000448. The van der Waals surface area contributed by atoms with Gasteiger partial charge < -0.3 is 17.0 Å². The molecule has 0 aliphatic carbocycles. The molecule has 0 saturated heterocycles. The summed E-state index contributed by atoms with van der Waals surface area (Å²) in [4.78, 5) is 0. The average molecular weight is 385 g/mol. The monoisotopic (exact) mass is 384 g/mol. The number of rotatable bonds is 3. The van der Waals surface area contributed by atoms with Crippen molar-refractivity contribution >= 4 is 23.2 Å². The van der Waals surface area contributed by atoms with Crippen LogP contribution in [-0.2, 0) is 0 Å². The van der Waals surface area contributed by atoms with E-state index in [1.807, 2.05) is 0 Å². The van der Waals surface area contributed by atoms with Crippen LogP contribution in [0.1, 0.15) is 11.1 Å². The van der Waals surface area contributed by atoms with Crippen LogP contribution in [0.5, 0.6) is 0 Å². The minimum atomic E-state index is -1.60. The molecule has 2 heteroatoms. The van der Waals surface area contributed by atoms with Crippen LogP contribution in [0.15, 0.2) is 78.9 Å². The molecule has 0 unspecified atom stereocenters. The summed E-state index contributed by atoms with van der Waals surface area (Å²) in [5, 5.41) is 4.41. The maximum absolute atomic E-state index is 2.45. The van der Waals surface area contributed by atoms with Crippen LogP contribution in [0.4, 0.5) is 0 Å². The van der Waals surface area contributed by atoms with E-state index in [1.54, 1.807) is 0 Å². The van der Waals surface area contributed by atoms with E-state index in [0.29, 0.717) is 0 Å². The second kappa shape index (κ2) is 7.43. The average Bonchev–Trinajstić information content (AvgIpc) is 2.56. The summed E-state index contributed by atoms with van der Waals surface area (Å²) in [7, 11) is -1.60. The molecule has 0 aliphatic rings. The first-order valence-electron chi connectivity index (χ1n) is 7.68. The van der Waals surface area contributed by atoms with E-state index in [0.717, 1.165) is 0 Å². The minimum Gasteiger partial charge on any atom is -1.00 e. The standard InChI is InChI=1S/C21H22P.BrH/c1-17-11-7-9-15-20(17)22(3,19-13-5-4-6-14-19)21-16-10-8-12-18(21)2;/h4-16H,1-3H3;1H/q+1;/p-1. The highest BCUT2D eigenvalue weighted by atomic mass is 79.9. The predicted molar refractivity (Wildman–Crippen MR) is 101 cm³/mol. The quantitative estimate of drug-likeness (QED) is 0.596. The van der Waals surface area contributed by atoms with Crippen molar-refractivity contribution in [2.45, 2.75) is 13.8 Å². The van der Waals surface area contributed by atoms with Gasteiger partial charge in [0.15, 0.2) is 0 Å². The molecule has 3 rings (SSSR count). The highest BCUT2D eigenvalue weighted by molar-refractivity contribution is 7.95. The zero-order valence-electron chi connectivity index (χ0n) is 13.8. The van der Waals surface area contributed by atoms with Crippen LogP contribution >= 0.6 is 7.26 Å². The fourth-order valence-corrected chi connectivity index (χ4v) is 7.18. The van der Waals surface area contributed by atoms with E-state index in [9.17, 15) is 0 Å². The third kappa shape index (κ3) is 3.27. The topological polar surface area (TPSA) is 0 Å². The summed E-state index contributed by atoms with van der Waals surface area (Å²) < 4.78 is 0. The Balaban J connectivity index is 0.00000192. The largest absolute Gasteiger partial charge is 1.00 e. The second-order valence-electron chi connectivity index (χ2n) is 5.91. The highest BCUT2D eigenvalue weighted by Crippen LogP contribution is 2.52. The summed E-state index contributed by atoms with van der Waals surface area (Å²) in [5.41, 5.74) is 2.76. The van der Waals surface area contributed by atoms with Crippen molar-refractivity contribution in [1.29, 1.82) is 0 Å². The lowest BCUT2D eigenvalue weighted by atomic mass is 10.2. The van der Waals surface area contributed by atoms with Gasteiger partial charge in [0.25, 0.3) is 0 Å². The number of hydrogen-bond acceptors (Lipinski definition) is 0. The van der Waals surface area contributed by atoms with Gasteiger partial charge in [-0.15, -0.1) is 0 Å². The first kappa shape index (κ1) is 17.9. The molecule has 0 aromatic heterocycles. The molecule has 23 heavy (non-hydrogen) atoms. The van der Waals surface area contributed by atoms with Crippen molar-refractivity contribution in [2.24, 2.45) is 0 Å². The summed E-state index contributed by atoms with van der Waals surface area (Å²) >= 11 is 0. The fraction of sp³-hybridized carbons (Fsp3) is 0.143. The summed E-state index contributed by atoms with van der Waals surface area (Å²) in [5.74, 6) is 0. The van der Waals surface area contributed by atoms with E-state index < -0.39 is 7.26 Å². The van der Waals surface area contributed by atoms with Gasteiger partial charge in [-0.3, -0.25) is 0 Å². The molecule has 3 aromatic carbocycles. The molecule has 0 fully saturated rings. The molecule has 3 aromatic rings. The van der Waals surface area contributed by atoms with Gasteiger partial charge in [-0.1, -0.05) is 54.6 Å². The van der Waals surface area contributed by atoms with Crippen LogP contribution < -0.4 is 32.9 Å². The van der Waals surface area contributed by atoms with Gasteiger partial charge in [0.2, 0.25) is 0 Å². The van der Waals surface area contributed by atoms with Crippen molar-refractivity contribution < 1.29 is 17.0 Å². The van der Waals surface area contributed by atoms with Crippen LogP contribution in [0, 0.1) is 13.8 Å². The minimum absolute atomic E-state index is 0. The van der Waals surface area contributed by atoms with Crippen LogP contribution in [0.2, 0.25) is 0 Å². The Morgan fingerprint density at radius 2 is 0.957 bits per heavy atom. The van der Waals surface area contributed by atoms with Gasteiger partial charge in [-0.25, -0.2) is 0 Å². The number of aryl methyl sites for hydroxylation is 2. The first-order valence-corrected chi connectivity index (χ1v) is 9.92. The Labute approximate surface area is 150 Å². The van der Waals surface area contributed by atoms with Gasteiger partial charge in [-0.05, 0) is 49.2 Å². The van der Waals surface area contributed by atoms with Crippen LogP contribution in [-0.4, -0.2) is 6.66 Å². The number of hydrogen-bond donors (Lipinski definition) is 0. The van der Waals surface area contributed by atoms with E-state index in [2.05, 4.69) is 99.4 Å². The Morgan fingerprint density at radius 1 is 0.565 bits per heavy atom. The van der Waals surface area contributed by atoms with Crippen LogP contribution in [0.3, 0.4) is 0 Å². The Kier molecular flexibility index (Phi) is 5.79. The van der Waals surface area contributed by atoms with Crippen molar-refractivity contribution in [3.63, 3.8) is 0 Å². The maximum Gasteiger partial charge on any atom is 0.109 e. The van der Waals surface area contributed by atoms with E-state index >= 15 is 0 Å². The first-order chi connectivity index (χ1) is 10.6. The normalized spacial score (nSPS) is 10.9. The predicted octanol–water partition coefficient (Wildman–Crippen LogP) is 1.23. The van der Waals surface area contributed by atoms with Crippen molar-refractivity contribution in [1.82, 2.24) is 0 Å². The zero-order chi connectivity index (χ0) is 15.6. The summed E-state index contributed by atoms with van der Waals surface area (Å²) in [6.07, 6.45) is 0. The van der Waals surface area contributed by atoms with Crippen molar-refractivity contribution in [2.75, 3.05) is 6.66 Å². The molecule has 0 N–H and O–H groups in total. The molecule has 0 bridgehead atoms. The maximum atomic E-state index is 2.45. The molecule has 0 aliphatic heterocycles. The van der Waals surface area contributed by atoms with Crippen molar-refractivity contribution in [3.8, 4) is 0 Å². The van der Waals surface area contributed by atoms with Gasteiger partial charge >= 0.3 is 0 Å². The molecule has 0 radical (unpaired) electrons. The van der Waals surface area contributed by atoms with Gasteiger partial charge in [0.1, 0.15) is 23.2 Å². The van der Waals surface area contributed by atoms with Gasteiger partial charge in [0, 0.05) is 0 Å². The molecule has 0 spiro atoms. The Morgan fingerprint density at radius 3 is 1.39 bits per heavy atom. The number of halogens is 1. The lowest BCUT2D eigenvalue weighted by Gasteiger charge is -2.25. The van der Waals surface area contributed by atoms with Gasteiger partial charge in [0.05, 0.1) is 6.66 Å². The number of benzene rings is 3. The van der Waals surface area contributed by atoms with E-state index in [4.69, 9.17) is 0 Å². The van der Waals surface area contributed by atoms with Crippen molar-refractivity contribution in [3.05, 3.63) is 90.0 Å². The zero-order valence-corrected chi connectivity index (χ0v) is 16.3. The fourth-order valence-electron chi connectivity index (χ4n) is 3.26. The third-order valence-corrected chi connectivity index (χ3v) is 8.73. The Hall–Kier alpha value is -1.43. The van der Waals surface area contributed by atoms with Gasteiger partial charge in [-0.2, -0.15) is 0 Å². The van der Waals surface area contributed by atoms with Crippen LogP contribution in [0.25, 0.3) is 0 Å². The molecule has 118 valence electrons. The summed E-state index contributed by atoms with van der Waals surface area (Å²) in [6.45, 7) is 6.91. The molecule has 0 heterocycles. The SMILES string of the molecule is Cc1ccccc1[P+](C)(c1ccccc1)c1ccccc1C.[Br-]. The van der Waals surface area contributed by atoms with E-state index in [-0.39, 0.29) is 17.0 Å². The Bertz CT molecular complexity index is 735. The second-order valence-corrected chi connectivity index (χ2v) is 9.41. The molecule has 0 atom stereocenters. The molecular weight excluding hydrogens is 363 g/mol. The third-order valence-electron chi connectivity index (χ3n) is 4.47. The smallest absolute Gasteiger partial charge is 0.109 e. The molecule has 0 saturated carbocycles.